The number of fused-ring (bicyclic) bond motifs is 2. The van der Waals surface area contributed by atoms with Crippen LogP contribution in [0.1, 0.15) is 65.8 Å². The number of carbonyl (C=O) groups excluding carboxylic acids is 1. The van der Waals surface area contributed by atoms with Crippen LogP contribution in [0.5, 0.6) is 17.2 Å². The number of ketones is 1. The predicted octanol–water partition coefficient (Wildman–Crippen LogP) is 4.75. The highest BCUT2D eigenvalue weighted by molar-refractivity contribution is 8.00. The average molecular weight is 493 g/mol. The molecular formula is C26H28N4O4S. The lowest BCUT2D eigenvalue weighted by molar-refractivity contribution is 0.0978. The molecule has 9 heteroatoms. The third kappa shape index (κ3) is 4.11. The van der Waals surface area contributed by atoms with Crippen LogP contribution in [0.3, 0.4) is 0 Å². The van der Waals surface area contributed by atoms with Crippen molar-refractivity contribution in [3.8, 4) is 17.2 Å². The first kappa shape index (κ1) is 22.3. The van der Waals surface area contributed by atoms with E-state index in [1.807, 2.05) is 41.1 Å². The zero-order chi connectivity index (χ0) is 23.8. The fourth-order valence-electron chi connectivity index (χ4n) is 5.21. The third-order valence-corrected chi connectivity index (χ3v) is 8.21. The molecule has 2 atom stereocenters. The van der Waals surface area contributed by atoms with Crippen LogP contribution < -0.4 is 19.6 Å². The number of thioether (sulfide) groups is 1. The number of nitrogens with zero attached hydrogens (tertiary/aromatic N) is 3. The molecule has 1 saturated carbocycles. The fourth-order valence-corrected chi connectivity index (χ4v) is 6.37. The normalized spacial score (nSPS) is 21.6. The fraction of sp³-hybridized carbons (Fsp3) is 0.423. The summed E-state index contributed by atoms with van der Waals surface area (Å²) in [5.74, 6) is 3.33. The molecule has 0 amide bonds. The van der Waals surface area contributed by atoms with Crippen molar-refractivity contribution < 1.29 is 19.0 Å². The Morgan fingerprint density at radius 1 is 1.06 bits per heavy atom. The van der Waals surface area contributed by atoms with Crippen LogP contribution in [0.4, 0.5) is 0 Å². The molecule has 35 heavy (non-hydrogen) atoms. The maximum absolute atomic E-state index is 13.9. The van der Waals surface area contributed by atoms with Crippen LogP contribution in [0.25, 0.3) is 0 Å². The summed E-state index contributed by atoms with van der Waals surface area (Å²) < 4.78 is 19.1. The molecule has 0 radical (unpaired) electrons. The number of methoxy groups -OCH3 is 1. The van der Waals surface area contributed by atoms with Gasteiger partial charge >= 0.3 is 0 Å². The standard InChI is InChI=1S/C26H28N4O4S/c1-32-19-10-6-5-9-18(19)22-24(23(31)17-11-12-20-21(15-17)34-14-13-33-20)35-26-28-27-25(30(26)29-22)16-7-3-2-4-8-16/h5-6,9-12,15-16,22,24,29H,2-4,7-8,13-14H2,1H3. The third-order valence-electron chi connectivity index (χ3n) is 6.99. The van der Waals surface area contributed by atoms with Gasteiger partial charge in [0, 0.05) is 17.0 Å². The van der Waals surface area contributed by atoms with E-state index in [0.717, 1.165) is 30.0 Å². The summed E-state index contributed by atoms with van der Waals surface area (Å²) >= 11 is 1.45. The lowest BCUT2D eigenvalue weighted by Crippen LogP contribution is -2.40. The molecule has 1 aromatic heterocycles. The molecule has 1 aliphatic carbocycles. The first-order valence-corrected chi connectivity index (χ1v) is 13.1. The number of rotatable bonds is 5. The van der Waals surface area contributed by atoms with Crippen LogP contribution in [-0.4, -0.2) is 46.2 Å². The van der Waals surface area contributed by atoms with E-state index in [4.69, 9.17) is 14.2 Å². The molecule has 1 fully saturated rings. The highest BCUT2D eigenvalue weighted by atomic mass is 32.2. The van der Waals surface area contributed by atoms with E-state index in [2.05, 4.69) is 15.6 Å². The molecule has 182 valence electrons. The van der Waals surface area contributed by atoms with Gasteiger partial charge in [-0.05, 0) is 37.1 Å². The summed E-state index contributed by atoms with van der Waals surface area (Å²) in [4.78, 5) is 13.9. The van der Waals surface area contributed by atoms with E-state index >= 15 is 0 Å². The summed E-state index contributed by atoms with van der Waals surface area (Å²) in [5.41, 5.74) is 5.11. The molecule has 2 unspecified atom stereocenters. The van der Waals surface area contributed by atoms with Gasteiger partial charge in [-0.25, -0.2) is 4.68 Å². The summed E-state index contributed by atoms with van der Waals surface area (Å²) in [6.07, 6.45) is 5.92. The van der Waals surface area contributed by atoms with Gasteiger partial charge in [0.15, 0.2) is 23.1 Å². The second-order valence-corrected chi connectivity index (χ2v) is 10.2. The number of ether oxygens (including phenoxy) is 3. The second-order valence-electron chi connectivity index (χ2n) is 9.12. The molecule has 0 saturated heterocycles. The molecule has 8 nitrogen and oxygen atoms in total. The number of carbonyl (C=O) groups is 1. The summed E-state index contributed by atoms with van der Waals surface area (Å²) in [6.45, 7) is 0.985. The van der Waals surface area contributed by atoms with Gasteiger partial charge in [0.25, 0.3) is 0 Å². The molecule has 0 spiro atoms. The van der Waals surface area contributed by atoms with Gasteiger partial charge in [-0.1, -0.05) is 49.2 Å². The van der Waals surface area contributed by atoms with Crippen molar-refractivity contribution in [3.05, 3.63) is 59.4 Å². The van der Waals surface area contributed by atoms with Gasteiger partial charge in [0.2, 0.25) is 5.16 Å². The van der Waals surface area contributed by atoms with E-state index < -0.39 is 5.25 Å². The van der Waals surface area contributed by atoms with Crippen molar-refractivity contribution in [2.45, 2.75) is 54.5 Å². The summed E-state index contributed by atoms with van der Waals surface area (Å²) in [7, 11) is 1.66. The molecule has 3 heterocycles. The maximum Gasteiger partial charge on any atom is 0.210 e. The zero-order valence-electron chi connectivity index (χ0n) is 19.6. The molecule has 3 aromatic rings. The molecule has 2 aromatic carbocycles. The highest BCUT2D eigenvalue weighted by Gasteiger charge is 2.40. The van der Waals surface area contributed by atoms with E-state index in [0.29, 0.717) is 41.4 Å². The van der Waals surface area contributed by atoms with Crippen molar-refractivity contribution in [2.75, 3.05) is 25.7 Å². The van der Waals surface area contributed by atoms with E-state index in [1.165, 1.54) is 31.0 Å². The monoisotopic (exact) mass is 492 g/mol. The number of hydrogen-bond acceptors (Lipinski definition) is 8. The quantitative estimate of drug-likeness (QED) is 0.511. The molecule has 2 aliphatic heterocycles. The van der Waals surface area contributed by atoms with E-state index in [-0.39, 0.29) is 11.8 Å². The Hall–Kier alpha value is -3.20. The highest BCUT2D eigenvalue weighted by Crippen LogP contribution is 2.43. The summed E-state index contributed by atoms with van der Waals surface area (Å²) in [6, 6.07) is 12.9. The van der Waals surface area contributed by atoms with Gasteiger partial charge < -0.3 is 19.6 Å². The van der Waals surface area contributed by atoms with Crippen LogP contribution in [-0.2, 0) is 0 Å². The Labute approximate surface area is 208 Å². The lowest BCUT2D eigenvalue weighted by Gasteiger charge is -2.34. The van der Waals surface area contributed by atoms with Crippen LogP contribution >= 0.6 is 11.8 Å². The Kier molecular flexibility index (Phi) is 6.01. The Morgan fingerprint density at radius 3 is 2.69 bits per heavy atom. The summed E-state index contributed by atoms with van der Waals surface area (Å²) in [5, 5.41) is 9.30. The smallest absolute Gasteiger partial charge is 0.210 e. The molecule has 3 aliphatic rings. The number of nitrogens with one attached hydrogen (secondary N) is 1. The van der Waals surface area contributed by atoms with E-state index in [9.17, 15) is 4.79 Å². The molecule has 1 N–H and O–H groups in total. The average Bonchev–Trinajstić information content (AvgIpc) is 3.35. The predicted molar refractivity (Wildman–Crippen MR) is 132 cm³/mol. The van der Waals surface area contributed by atoms with Crippen molar-refractivity contribution in [3.63, 3.8) is 0 Å². The van der Waals surface area contributed by atoms with Gasteiger partial charge in [-0.3, -0.25) is 4.79 Å². The number of hydrogen-bond donors (Lipinski definition) is 1. The second kappa shape index (κ2) is 9.45. The van der Waals surface area contributed by atoms with Gasteiger partial charge in [-0.2, -0.15) is 0 Å². The Bertz CT molecular complexity index is 1240. The Balaban J connectivity index is 1.39. The topological polar surface area (TPSA) is 87.5 Å². The minimum absolute atomic E-state index is 0.0103. The molecule has 0 bridgehead atoms. The van der Waals surface area contributed by atoms with Crippen molar-refractivity contribution in [1.29, 1.82) is 0 Å². The largest absolute Gasteiger partial charge is 0.496 e. The Morgan fingerprint density at radius 2 is 1.86 bits per heavy atom. The van der Waals surface area contributed by atoms with Crippen LogP contribution in [0.2, 0.25) is 0 Å². The zero-order valence-corrected chi connectivity index (χ0v) is 20.4. The van der Waals surface area contributed by atoms with Crippen LogP contribution in [0, 0.1) is 0 Å². The van der Waals surface area contributed by atoms with Gasteiger partial charge in [-0.15, -0.1) is 10.2 Å². The van der Waals surface area contributed by atoms with Crippen molar-refractivity contribution in [2.24, 2.45) is 0 Å². The van der Waals surface area contributed by atoms with Gasteiger partial charge in [0.1, 0.15) is 24.2 Å². The number of para-hydroxylation sites is 1. The molecular weight excluding hydrogens is 464 g/mol. The number of aromatic nitrogens is 3. The van der Waals surface area contributed by atoms with E-state index in [1.54, 1.807) is 13.2 Å². The number of benzene rings is 2. The number of Topliss-reactive ketones (excluding diaryl/α,β-unsaturated/α-hetero) is 1. The van der Waals surface area contributed by atoms with Crippen molar-refractivity contribution >= 4 is 17.5 Å². The first-order chi connectivity index (χ1) is 17.2. The van der Waals surface area contributed by atoms with Crippen LogP contribution in [0.15, 0.2) is 47.6 Å². The molecule has 6 rings (SSSR count). The minimum Gasteiger partial charge on any atom is -0.496 e. The first-order valence-electron chi connectivity index (χ1n) is 12.2. The SMILES string of the molecule is COc1ccccc1C1Nn2c(nnc2C2CCCCC2)SC1C(=O)c1ccc2c(c1)OCCO2. The van der Waals surface area contributed by atoms with Crippen molar-refractivity contribution in [1.82, 2.24) is 14.9 Å². The van der Waals surface area contributed by atoms with Gasteiger partial charge in [0.05, 0.1) is 13.2 Å². The minimum atomic E-state index is -0.468. The maximum atomic E-state index is 13.9. The lowest BCUT2D eigenvalue weighted by atomic mass is 9.89.